The van der Waals surface area contributed by atoms with Crippen LogP contribution in [0.15, 0.2) is 5.16 Å². The van der Waals surface area contributed by atoms with Gasteiger partial charge < -0.3 is 5.21 Å². The highest BCUT2D eigenvalue weighted by Gasteiger charge is 2.43. The first-order chi connectivity index (χ1) is 9.83. The lowest BCUT2D eigenvalue weighted by atomic mass is 9.68. The topological polar surface area (TPSA) is 35.8 Å². The van der Waals surface area contributed by atoms with E-state index in [2.05, 4.69) is 10.1 Å². The second kappa shape index (κ2) is 5.32. The summed E-state index contributed by atoms with van der Waals surface area (Å²) in [4.78, 5) is 2.89. The van der Waals surface area contributed by atoms with E-state index in [1.807, 2.05) is 0 Å². The van der Waals surface area contributed by atoms with E-state index < -0.39 is 0 Å². The molecule has 0 aromatic carbocycles. The number of hydrogen-bond acceptors (Lipinski definition) is 3. The van der Waals surface area contributed by atoms with Crippen molar-refractivity contribution in [2.24, 2.45) is 17.0 Å². The van der Waals surface area contributed by atoms with E-state index >= 15 is 0 Å². The molecule has 0 aromatic rings. The molecular formula is C17H28N2O. The molecule has 3 heteroatoms. The number of rotatable bonds is 1. The van der Waals surface area contributed by atoms with Gasteiger partial charge >= 0.3 is 0 Å². The molecule has 20 heavy (non-hydrogen) atoms. The van der Waals surface area contributed by atoms with Crippen molar-refractivity contribution in [3.8, 4) is 0 Å². The third kappa shape index (κ3) is 2.28. The van der Waals surface area contributed by atoms with Crippen LogP contribution in [0.4, 0.5) is 0 Å². The highest BCUT2D eigenvalue weighted by molar-refractivity contribution is 5.86. The Morgan fingerprint density at radius 2 is 1.40 bits per heavy atom. The summed E-state index contributed by atoms with van der Waals surface area (Å²) in [5, 5.41) is 12.7. The minimum atomic E-state index is 0.678. The van der Waals surface area contributed by atoms with Crippen molar-refractivity contribution >= 4 is 5.71 Å². The molecule has 2 heterocycles. The van der Waals surface area contributed by atoms with E-state index in [4.69, 9.17) is 5.21 Å². The molecule has 4 rings (SSSR count). The van der Waals surface area contributed by atoms with Gasteiger partial charge in [-0.3, -0.25) is 4.90 Å². The first-order valence-corrected chi connectivity index (χ1v) is 8.80. The van der Waals surface area contributed by atoms with Crippen LogP contribution in [-0.2, 0) is 0 Å². The molecule has 4 aliphatic rings. The highest BCUT2D eigenvalue weighted by Crippen LogP contribution is 2.45. The standard InChI is InChI=1S/C17H28N2O/c20-18-14-10-15-5-2-6-16(11-14)19(15)17-8-12-3-1-4-13(7-12)9-17/h12-13,15-17,20H,1-11H2. The summed E-state index contributed by atoms with van der Waals surface area (Å²) in [6, 6.07) is 2.20. The van der Waals surface area contributed by atoms with E-state index in [-0.39, 0.29) is 0 Å². The SMILES string of the molecule is ON=C1CC2CCCC(C1)N2C1CC2CCCC(C2)C1. The van der Waals surface area contributed by atoms with Crippen molar-refractivity contribution in [2.45, 2.75) is 88.8 Å². The van der Waals surface area contributed by atoms with Gasteiger partial charge in [0, 0.05) is 31.0 Å². The average Bonchev–Trinajstić information content (AvgIpc) is 2.45. The summed E-state index contributed by atoms with van der Waals surface area (Å²) in [7, 11) is 0. The molecule has 3 nitrogen and oxygen atoms in total. The zero-order valence-corrected chi connectivity index (χ0v) is 12.5. The zero-order chi connectivity index (χ0) is 13.5. The predicted octanol–water partition coefficient (Wildman–Crippen LogP) is 3.80. The van der Waals surface area contributed by atoms with E-state index in [0.717, 1.165) is 36.4 Å². The van der Waals surface area contributed by atoms with Gasteiger partial charge in [-0.05, 0) is 43.9 Å². The molecule has 0 aromatic heterocycles. The molecule has 2 saturated heterocycles. The highest BCUT2D eigenvalue weighted by atomic mass is 16.4. The second-order valence-electron chi connectivity index (χ2n) is 7.78. The minimum Gasteiger partial charge on any atom is -0.411 e. The maximum Gasteiger partial charge on any atom is 0.0601 e. The van der Waals surface area contributed by atoms with Gasteiger partial charge in [-0.1, -0.05) is 30.8 Å². The quantitative estimate of drug-likeness (QED) is 0.584. The molecule has 1 N–H and O–H groups in total. The Bertz CT molecular complexity index is 366. The fraction of sp³-hybridized carbons (Fsp3) is 0.941. The first-order valence-electron chi connectivity index (χ1n) is 8.80. The van der Waals surface area contributed by atoms with Crippen LogP contribution in [0, 0.1) is 11.8 Å². The van der Waals surface area contributed by atoms with E-state index in [1.165, 1.54) is 57.8 Å². The van der Waals surface area contributed by atoms with Crippen molar-refractivity contribution in [1.82, 2.24) is 4.90 Å². The number of hydrogen-bond donors (Lipinski definition) is 1. The largest absolute Gasteiger partial charge is 0.411 e. The van der Waals surface area contributed by atoms with Crippen molar-refractivity contribution in [3.63, 3.8) is 0 Å². The summed E-state index contributed by atoms with van der Waals surface area (Å²) in [6.07, 6.45) is 15.0. The summed E-state index contributed by atoms with van der Waals surface area (Å²) in [5.74, 6) is 2.03. The molecule has 4 bridgehead atoms. The smallest absolute Gasteiger partial charge is 0.0601 e. The van der Waals surface area contributed by atoms with Gasteiger partial charge in [0.1, 0.15) is 0 Å². The summed E-state index contributed by atoms with van der Waals surface area (Å²) in [6.45, 7) is 0. The number of piperidine rings is 2. The maximum absolute atomic E-state index is 9.14. The Balaban J connectivity index is 1.52. The van der Waals surface area contributed by atoms with Crippen LogP contribution in [0.1, 0.15) is 70.6 Å². The van der Waals surface area contributed by atoms with Crippen LogP contribution >= 0.6 is 0 Å². The average molecular weight is 276 g/mol. The lowest BCUT2D eigenvalue weighted by molar-refractivity contribution is -0.0150. The number of oxime groups is 1. The summed E-state index contributed by atoms with van der Waals surface area (Å²) in [5.41, 5.74) is 1.06. The van der Waals surface area contributed by atoms with Gasteiger partial charge in [0.15, 0.2) is 0 Å². The van der Waals surface area contributed by atoms with Crippen LogP contribution in [0.25, 0.3) is 0 Å². The fourth-order valence-corrected chi connectivity index (χ4v) is 5.85. The van der Waals surface area contributed by atoms with Crippen molar-refractivity contribution in [3.05, 3.63) is 0 Å². The third-order valence-corrected chi connectivity index (χ3v) is 6.53. The Kier molecular flexibility index (Phi) is 3.49. The minimum absolute atomic E-state index is 0.678. The van der Waals surface area contributed by atoms with Crippen molar-refractivity contribution in [2.75, 3.05) is 0 Å². The van der Waals surface area contributed by atoms with Crippen LogP contribution < -0.4 is 0 Å². The molecule has 0 amide bonds. The number of fused-ring (bicyclic) bond motifs is 4. The lowest BCUT2D eigenvalue weighted by Gasteiger charge is -2.53. The van der Waals surface area contributed by atoms with Crippen LogP contribution in [0.2, 0.25) is 0 Å². The lowest BCUT2D eigenvalue weighted by Crippen LogP contribution is -2.58. The first kappa shape index (κ1) is 13.1. The normalized spacial score (nSPS) is 45.2. The van der Waals surface area contributed by atoms with Gasteiger partial charge in [0.25, 0.3) is 0 Å². The molecule has 2 aliphatic heterocycles. The van der Waals surface area contributed by atoms with Crippen LogP contribution in [0.5, 0.6) is 0 Å². The van der Waals surface area contributed by atoms with Crippen molar-refractivity contribution in [1.29, 1.82) is 0 Å². The molecule has 112 valence electrons. The molecule has 0 radical (unpaired) electrons. The Morgan fingerprint density at radius 1 is 0.800 bits per heavy atom. The van der Waals surface area contributed by atoms with Crippen molar-refractivity contribution < 1.29 is 5.21 Å². The third-order valence-electron chi connectivity index (χ3n) is 6.53. The molecule has 4 atom stereocenters. The van der Waals surface area contributed by atoms with Crippen LogP contribution in [-0.4, -0.2) is 33.9 Å². The molecule has 2 aliphatic carbocycles. The second-order valence-corrected chi connectivity index (χ2v) is 7.78. The fourth-order valence-electron chi connectivity index (χ4n) is 5.85. The van der Waals surface area contributed by atoms with Gasteiger partial charge in [-0.15, -0.1) is 0 Å². The Hall–Kier alpha value is -0.570. The molecule has 0 spiro atoms. The van der Waals surface area contributed by atoms with Gasteiger partial charge in [-0.2, -0.15) is 0 Å². The van der Waals surface area contributed by atoms with Gasteiger partial charge in [-0.25, -0.2) is 0 Å². The number of nitrogens with zero attached hydrogens (tertiary/aromatic N) is 2. The zero-order valence-electron chi connectivity index (χ0n) is 12.5. The monoisotopic (exact) mass is 276 g/mol. The molecule has 4 unspecified atom stereocenters. The van der Waals surface area contributed by atoms with E-state index in [0.29, 0.717) is 12.1 Å². The summed E-state index contributed by atoms with van der Waals surface area (Å²) < 4.78 is 0. The predicted molar refractivity (Wildman–Crippen MR) is 80.2 cm³/mol. The Morgan fingerprint density at radius 3 is 2.00 bits per heavy atom. The maximum atomic E-state index is 9.14. The summed E-state index contributed by atoms with van der Waals surface area (Å²) >= 11 is 0. The molecular weight excluding hydrogens is 248 g/mol. The molecule has 4 fully saturated rings. The van der Waals surface area contributed by atoms with Gasteiger partial charge in [0.05, 0.1) is 5.71 Å². The van der Waals surface area contributed by atoms with Crippen LogP contribution in [0.3, 0.4) is 0 Å². The van der Waals surface area contributed by atoms with E-state index in [1.54, 1.807) is 0 Å². The Labute approximate surface area is 122 Å². The van der Waals surface area contributed by atoms with E-state index in [9.17, 15) is 0 Å². The molecule has 2 saturated carbocycles. The van der Waals surface area contributed by atoms with Gasteiger partial charge in [0.2, 0.25) is 0 Å².